The van der Waals surface area contributed by atoms with Gasteiger partial charge in [-0.2, -0.15) is 0 Å². The number of fused-ring (bicyclic) bond motifs is 4. The number of anilines is 3. The van der Waals surface area contributed by atoms with Gasteiger partial charge in [-0.3, -0.25) is 0 Å². The first kappa shape index (κ1) is 27.3. The zero-order valence-corrected chi connectivity index (χ0v) is 26.2. The highest BCUT2D eigenvalue weighted by Crippen LogP contribution is 2.39. The molecule has 0 saturated carbocycles. The third kappa shape index (κ3) is 5.05. The second kappa shape index (κ2) is 11.4. The number of benzene rings is 7. The van der Waals surface area contributed by atoms with Crippen LogP contribution in [0.4, 0.5) is 17.1 Å². The van der Waals surface area contributed by atoms with Gasteiger partial charge in [0, 0.05) is 39.5 Å². The van der Waals surface area contributed by atoms with Crippen molar-refractivity contribution in [1.82, 2.24) is 4.98 Å². The lowest BCUT2D eigenvalue weighted by Crippen LogP contribution is -2.09. The van der Waals surface area contributed by atoms with Gasteiger partial charge in [0.15, 0.2) is 0 Å². The Bertz CT molecular complexity index is 2480. The van der Waals surface area contributed by atoms with Crippen LogP contribution in [0.3, 0.4) is 0 Å². The number of furan rings is 1. The molecule has 0 aliphatic rings. The lowest BCUT2D eigenvalue weighted by Gasteiger charge is -2.26. The lowest BCUT2D eigenvalue weighted by molar-refractivity contribution is 0.669. The fourth-order valence-electron chi connectivity index (χ4n) is 6.34. The normalized spacial score (nSPS) is 11.4. The zero-order chi connectivity index (χ0) is 31.2. The van der Waals surface area contributed by atoms with Crippen LogP contribution in [0.5, 0.6) is 0 Å². The van der Waals surface area contributed by atoms with E-state index < -0.39 is 0 Å². The maximum absolute atomic E-state index is 6.43. The van der Waals surface area contributed by atoms with Crippen molar-refractivity contribution in [3.8, 4) is 32.8 Å². The summed E-state index contributed by atoms with van der Waals surface area (Å²) in [5.74, 6) is 0. The zero-order valence-electron chi connectivity index (χ0n) is 25.4. The van der Waals surface area contributed by atoms with Crippen molar-refractivity contribution in [2.24, 2.45) is 0 Å². The van der Waals surface area contributed by atoms with Crippen LogP contribution >= 0.6 is 11.3 Å². The summed E-state index contributed by atoms with van der Waals surface area (Å²) in [4.78, 5) is 7.24. The minimum atomic E-state index is 0.881. The molecule has 0 fully saturated rings. The molecule has 2 heterocycles. The van der Waals surface area contributed by atoms with E-state index >= 15 is 0 Å². The van der Waals surface area contributed by atoms with Crippen LogP contribution in [0.25, 0.3) is 65.0 Å². The molecule has 3 nitrogen and oxygen atoms in total. The van der Waals surface area contributed by atoms with E-state index in [2.05, 4.69) is 169 Å². The molecule has 0 atom stereocenters. The van der Waals surface area contributed by atoms with Gasteiger partial charge in [-0.1, -0.05) is 109 Å². The summed E-state index contributed by atoms with van der Waals surface area (Å²) >= 11 is 1.70. The minimum absolute atomic E-state index is 0.881. The molecule has 7 aromatic carbocycles. The van der Waals surface area contributed by atoms with Crippen molar-refractivity contribution in [2.45, 2.75) is 0 Å². The first-order valence-electron chi connectivity index (χ1n) is 15.7. The van der Waals surface area contributed by atoms with Crippen LogP contribution in [0.15, 0.2) is 174 Å². The molecule has 0 N–H and O–H groups in total. The molecule has 0 bridgehead atoms. The van der Waals surface area contributed by atoms with E-state index in [9.17, 15) is 0 Å². The van der Waals surface area contributed by atoms with E-state index in [-0.39, 0.29) is 0 Å². The molecular formula is C43H28N2OS. The molecule has 4 heteroatoms. The number of aromatic nitrogens is 1. The molecule has 9 aromatic rings. The van der Waals surface area contributed by atoms with E-state index in [1.165, 1.54) is 11.1 Å². The van der Waals surface area contributed by atoms with Crippen molar-refractivity contribution in [2.75, 3.05) is 4.90 Å². The fraction of sp³-hybridized carbons (Fsp3) is 0. The number of rotatable bonds is 6. The Hall–Kier alpha value is -5.97. The van der Waals surface area contributed by atoms with E-state index in [1.54, 1.807) is 11.3 Å². The summed E-state index contributed by atoms with van der Waals surface area (Å²) in [5, 5.41) is 3.22. The van der Waals surface area contributed by atoms with Crippen LogP contribution in [0.2, 0.25) is 0 Å². The summed E-state index contributed by atoms with van der Waals surface area (Å²) in [6.45, 7) is 0. The summed E-state index contributed by atoms with van der Waals surface area (Å²) < 4.78 is 7.56. The Labute approximate surface area is 276 Å². The second-order valence-electron chi connectivity index (χ2n) is 11.6. The first-order valence-corrected chi connectivity index (χ1v) is 16.5. The Morgan fingerprint density at radius 3 is 1.60 bits per heavy atom. The molecule has 2 aromatic heterocycles. The number of nitrogens with zero attached hydrogens (tertiary/aromatic N) is 2. The largest absolute Gasteiger partial charge is 0.456 e. The van der Waals surface area contributed by atoms with Crippen molar-refractivity contribution in [3.05, 3.63) is 170 Å². The standard InChI is InChI=1S/C43H28N2OS/c1-4-10-29(11-5-1)30-16-21-35(22-17-30)45(34-14-8-3-9-15-34)36-23-18-31(19-24-36)33-20-25-37-38-27-39-42(28-41(38)46-40(37)26-33)47-43(44-39)32-12-6-2-7-13-32/h1-28H. The van der Waals surface area contributed by atoms with Gasteiger partial charge < -0.3 is 9.32 Å². The third-order valence-electron chi connectivity index (χ3n) is 8.71. The molecule has 47 heavy (non-hydrogen) atoms. The van der Waals surface area contributed by atoms with Crippen LogP contribution in [-0.4, -0.2) is 4.98 Å². The first-order chi connectivity index (χ1) is 23.3. The molecule has 0 saturated heterocycles. The molecule has 0 unspecified atom stereocenters. The molecule has 0 spiro atoms. The summed E-state index contributed by atoms with van der Waals surface area (Å²) in [6.07, 6.45) is 0. The average molecular weight is 621 g/mol. The number of hydrogen-bond donors (Lipinski definition) is 0. The maximum Gasteiger partial charge on any atom is 0.136 e. The maximum atomic E-state index is 6.43. The van der Waals surface area contributed by atoms with Crippen LogP contribution in [-0.2, 0) is 0 Å². The van der Waals surface area contributed by atoms with Gasteiger partial charge >= 0.3 is 0 Å². The molecule has 0 aliphatic heterocycles. The topological polar surface area (TPSA) is 29.3 Å². The highest BCUT2D eigenvalue weighted by Gasteiger charge is 2.15. The Kier molecular flexibility index (Phi) is 6.65. The van der Waals surface area contributed by atoms with E-state index in [0.29, 0.717) is 0 Å². The minimum Gasteiger partial charge on any atom is -0.456 e. The van der Waals surface area contributed by atoms with Crippen molar-refractivity contribution in [1.29, 1.82) is 0 Å². The predicted octanol–water partition coefficient (Wildman–Crippen LogP) is 12.7. The summed E-state index contributed by atoms with van der Waals surface area (Å²) in [6, 6.07) is 59.7. The average Bonchev–Trinajstić information content (AvgIpc) is 3.72. The van der Waals surface area contributed by atoms with Gasteiger partial charge in [-0.15, -0.1) is 11.3 Å². The van der Waals surface area contributed by atoms with Gasteiger partial charge in [0.25, 0.3) is 0 Å². The molecule has 9 rings (SSSR count). The van der Waals surface area contributed by atoms with Gasteiger partial charge in [-0.25, -0.2) is 4.98 Å². The Morgan fingerprint density at radius 1 is 0.426 bits per heavy atom. The smallest absolute Gasteiger partial charge is 0.136 e. The van der Waals surface area contributed by atoms with Gasteiger partial charge in [0.05, 0.1) is 10.2 Å². The van der Waals surface area contributed by atoms with E-state index in [1.807, 2.05) is 6.07 Å². The number of para-hydroxylation sites is 1. The molecule has 0 radical (unpaired) electrons. The van der Waals surface area contributed by atoms with Crippen LogP contribution in [0, 0.1) is 0 Å². The molecule has 222 valence electrons. The predicted molar refractivity (Wildman–Crippen MR) is 198 cm³/mol. The molecular weight excluding hydrogens is 593 g/mol. The summed E-state index contributed by atoms with van der Waals surface area (Å²) in [7, 11) is 0. The van der Waals surface area contributed by atoms with Crippen LogP contribution in [0.1, 0.15) is 0 Å². The van der Waals surface area contributed by atoms with E-state index in [4.69, 9.17) is 9.40 Å². The number of hydrogen-bond acceptors (Lipinski definition) is 4. The van der Waals surface area contributed by atoms with Gasteiger partial charge in [0.1, 0.15) is 16.2 Å². The van der Waals surface area contributed by atoms with Crippen LogP contribution < -0.4 is 4.90 Å². The quantitative estimate of drug-likeness (QED) is 0.185. The van der Waals surface area contributed by atoms with Crippen molar-refractivity contribution < 1.29 is 4.42 Å². The Balaban J connectivity index is 1.04. The van der Waals surface area contributed by atoms with Crippen molar-refractivity contribution >= 4 is 60.6 Å². The molecule has 0 aliphatic carbocycles. The highest BCUT2D eigenvalue weighted by molar-refractivity contribution is 7.21. The highest BCUT2D eigenvalue weighted by atomic mass is 32.1. The van der Waals surface area contributed by atoms with Gasteiger partial charge in [0.2, 0.25) is 0 Å². The fourth-order valence-corrected chi connectivity index (χ4v) is 7.32. The lowest BCUT2D eigenvalue weighted by atomic mass is 10.0. The Morgan fingerprint density at radius 2 is 0.936 bits per heavy atom. The summed E-state index contributed by atoms with van der Waals surface area (Å²) in [5.41, 5.74) is 11.9. The monoisotopic (exact) mass is 620 g/mol. The van der Waals surface area contributed by atoms with Crippen molar-refractivity contribution in [3.63, 3.8) is 0 Å². The van der Waals surface area contributed by atoms with Gasteiger partial charge in [-0.05, 0) is 76.9 Å². The number of thiazole rings is 1. The second-order valence-corrected chi connectivity index (χ2v) is 12.7. The van der Waals surface area contributed by atoms with E-state index in [0.717, 1.165) is 70.9 Å². The molecule has 0 amide bonds. The SMILES string of the molecule is c1ccc(-c2ccc(N(c3ccccc3)c3ccc(-c4ccc5c(c4)oc4cc6sc(-c7ccccc7)nc6cc45)cc3)cc2)cc1. The third-order valence-corrected chi connectivity index (χ3v) is 9.78.